The molecular weight excluding hydrogens is 268 g/mol. The van der Waals surface area contributed by atoms with Gasteiger partial charge in [0.1, 0.15) is 11.3 Å². The van der Waals surface area contributed by atoms with Gasteiger partial charge in [0.05, 0.1) is 23.7 Å². The number of methoxy groups -OCH3 is 1. The number of amides is 1. The summed E-state index contributed by atoms with van der Waals surface area (Å²) in [6.07, 6.45) is 0.729. The van der Waals surface area contributed by atoms with Crippen molar-refractivity contribution in [1.29, 1.82) is 0 Å². The van der Waals surface area contributed by atoms with E-state index in [1.807, 2.05) is 0 Å². The van der Waals surface area contributed by atoms with E-state index in [1.54, 1.807) is 0 Å². The number of hydrogen-bond donors (Lipinski definition) is 2. The molecule has 1 aliphatic carbocycles. The molecule has 0 spiro atoms. The lowest BCUT2D eigenvalue weighted by Crippen LogP contribution is -2.43. The third-order valence-corrected chi connectivity index (χ3v) is 3.15. The molecular formula is C12H12N2O6. The molecule has 0 heterocycles. The number of carbonyl (C=O) groups excluding carboxylic acids is 1. The van der Waals surface area contributed by atoms with Crippen molar-refractivity contribution in [2.75, 3.05) is 7.11 Å². The molecule has 1 aromatic rings. The zero-order chi connectivity index (χ0) is 14.9. The van der Waals surface area contributed by atoms with E-state index in [-0.39, 0.29) is 17.0 Å². The standard InChI is InChI=1S/C12H12N2O6/c1-20-9-6-7(14(18)19)2-3-8(9)10(15)13-12(4-5-12)11(16)17/h2-3,6H,4-5H2,1H3,(H,13,15)(H,16,17). The highest BCUT2D eigenvalue weighted by Gasteiger charge is 2.51. The Morgan fingerprint density at radius 2 is 2.10 bits per heavy atom. The predicted octanol–water partition coefficient (Wildman–Crippen LogP) is 0.950. The quantitative estimate of drug-likeness (QED) is 0.612. The van der Waals surface area contributed by atoms with Crippen LogP contribution in [-0.4, -0.2) is 34.6 Å². The third kappa shape index (κ3) is 2.40. The first-order valence-corrected chi connectivity index (χ1v) is 5.78. The molecule has 1 amide bonds. The van der Waals surface area contributed by atoms with E-state index < -0.39 is 22.3 Å². The minimum Gasteiger partial charge on any atom is -0.496 e. The van der Waals surface area contributed by atoms with Crippen molar-refractivity contribution < 1.29 is 24.4 Å². The van der Waals surface area contributed by atoms with Crippen LogP contribution in [0, 0.1) is 10.1 Å². The van der Waals surface area contributed by atoms with Crippen LogP contribution in [0.15, 0.2) is 18.2 Å². The first-order chi connectivity index (χ1) is 9.39. The second-order valence-corrected chi connectivity index (χ2v) is 4.48. The van der Waals surface area contributed by atoms with E-state index in [0.717, 1.165) is 12.1 Å². The van der Waals surface area contributed by atoms with E-state index in [2.05, 4.69) is 5.32 Å². The molecule has 0 unspecified atom stereocenters. The van der Waals surface area contributed by atoms with E-state index in [0.29, 0.717) is 12.8 Å². The monoisotopic (exact) mass is 280 g/mol. The molecule has 0 atom stereocenters. The SMILES string of the molecule is COc1cc([N+](=O)[O-])ccc1C(=O)NC1(C(=O)O)CC1. The van der Waals surface area contributed by atoms with Crippen molar-refractivity contribution in [1.82, 2.24) is 5.32 Å². The van der Waals surface area contributed by atoms with Gasteiger partial charge >= 0.3 is 5.97 Å². The number of ether oxygens (including phenoxy) is 1. The van der Waals surface area contributed by atoms with Gasteiger partial charge in [-0.3, -0.25) is 14.9 Å². The highest BCUT2D eigenvalue weighted by molar-refractivity contribution is 6.01. The summed E-state index contributed by atoms with van der Waals surface area (Å²) in [5, 5.41) is 22.1. The molecule has 0 aromatic heterocycles. The molecule has 1 aliphatic rings. The maximum absolute atomic E-state index is 12.0. The summed E-state index contributed by atoms with van der Waals surface area (Å²) in [7, 11) is 1.28. The number of hydrogen-bond acceptors (Lipinski definition) is 5. The van der Waals surface area contributed by atoms with E-state index in [1.165, 1.54) is 13.2 Å². The zero-order valence-electron chi connectivity index (χ0n) is 10.6. The summed E-state index contributed by atoms with van der Waals surface area (Å²) in [6.45, 7) is 0. The molecule has 1 fully saturated rings. The van der Waals surface area contributed by atoms with Crippen LogP contribution in [0.3, 0.4) is 0 Å². The predicted molar refractivity (Wildman–Crippen MR) is 66.7 cm³/mol. The van der Waals surface area contributed by atoms with Crippen molar-refractivity contribution in [2.45, 2.75) is 18.4 Å². The Hall–Kier alpha value is -2.64. The number of carboxylic acid groups (broad SMARTS) is 1. The van der Waals surface area contributed by atoms with Gasteiger partial charge in [0.15, 0.2) is 0 Å². The average Bonchev–Trinajstić information content (AvgIpc) is 3.18. The number of non-ortho nitro benzene ring substituents is 1. The molecule has 8 nitrogen and oxygen atoms in total. The highest BCUT2D eigenvalue weighted by atomic mass is 16.6. The Balaban J connectivity index is 2.26. The Kier molecular flexibility index (Phi) is 3.31. The fraction of sp³-hybridized carbons (Fsp3) is 0.333. The lowest BCUT2D eigenvalue weighted by molar-refractivity contribution is -0.384. The molecule has 0 radical (unpaired) electrons. The van der Waals surface area contributed by atoms with Gasteiger partial charge in [0, 0.05) is 6.07 Å². The second-order valence-electron chi connectivity index (χ2n) is 4.48. The summed E-state index contributed by atoms with van der Waals surface area (Å²) in [6, 6.07) is 3.53. The molecule has 2 rings (SSSR count). The van der Waals surface area contributed by atoms with Gasteiger partial charge in [-0.2, -0.15) is 0 Å². The molecule has 8 heteroatoms. The minimum absolute atomic E-state index is 0.0258. The van der Waals surface area contributed by atoms with Gasteiger partial charge in [-0.05, 0) is 18.9 Å². The molecule has 0 saturated heterocycles. The number of nitro groups is 1. The van der Waals surface area contributed by atoms with Gasteiger partial charge in [0.2, 0.25) is 0 Å². The van der Waals surface area contributed by atoms with Crippen molar-refractivity contribution >= 4 is 17.6 Å². The number of benzene rings is 1. The van der Waals surface area contributed by atoms with Gasteiger partial charge in [-0.15, -0.1) is 0 Å². The van der Waals surface area contributed by atoms with Crippen LogP contribution in [-0.2, 0) is 4.79 Å². The third-order valence-electron chi connectivity index (χ3n) is 3.15. The zero-order valence-corrected chi connectivity index (χ0v) is 10.6. The van der Waals surface area contributed by atoms with Crippen molar-refractivity contribution in [2.24, 2.45) is 0 Å². The first kappa shape index (κ1) is 13.8. The summed E-state index contributed by atoms with van der Waals surface area (Å²) in [5.74, 6) is -1.69. The van der Waals surface area contributed by atoms with Gasteiger partial charge < -0.3 is 15.2 Å². The van der Waals surface area contributed by atoms with Crippen molar-refractivity contribution in [3.63, 3.8) is 0 Å². The van der Waals surface area contributed by atoms with Crippen molar-refractivity contribution in [3.05, 3.63) is 33.9 Å². The van der Waals surface area contributed by atoms with Crippen LogP contribution >= 0.6 is 0 Å². The average molecular weight is 280 g/mol. The molecule has 1 saturated carbocycles. The maximum atomic E-state index is 12.0. The largest absolute Gasteiger partial charge is 0.496 e. The summed E-state index contributed by atoms with van der Waals surface area (Å²) in [4.78, 5) is 33.1. The van der Waals surface area contributed by atoms with Gasteiger partial charge in [-0.25, -0.2) is 4.79 Å². The van der Waals surface area contributed by atoms with E-state index in [9.17, 15) is 19.7 Å². The van der Waals surface area contributed by atoms with Crippen molar-refractivity contribution in [3.8, 4) is 5.75 Å². The van der Waals surface area contributed by atoms with Gasteiger partial charge in [-0.1, -0.05) is 0 Å². The Morgan fingerprint density at radius 1 is 1.45 bits per heavy atom. The highest BCUT2D eigenvalue weighted by Crippen LogP contribution is 2.36. The van der Waals surface area contributed by atoms with E-state index >= 15 is 0 Å². The van der Waals surface area contributed by atoms with Crippen LogP contribution in [0.2, 0.25) is 0 Å². The summed E-state index contributed by atoms with van der Waals surface area (Å²) in [5.41, 5.74) is -1.37. The molecule has 20 heavy (non-hydrogen) atoms. The number of aliphatic carboxylic acids is 1. The van der Waals surface area contributed by atoms with Crippen LogP contribution in [0.1, 0.15) is 23.2 Å². The normalized spacial score (nSPS) is 15.2. The fourth-order valence-corrected chi connectivity index (χ4v) is 1.78. The lowest BCUT2D eigenvalue weighted by Gasteiger charge is -2.14. The number of carboxylic acids is 1. The number of rotatable bonds is 5. The van der Waals surface area contributed by atoms with Crippen LogP contribution in [0.5, 0.6) is 5.75 Å². The number of carbonyl (C=O) groups is 2. The Labute approximate surface area is 113 Å². The molecule has 0 bridgehead atoms. The maximum Gasteiger partial charge on any atom is 0.329 e. The topological polar surface area (TPSA) is 119 Å². The Bertz CT molecular complexity index is 594. The number of nitrogens with one attached hydrogen (secondary N) is 1. The minimum atomic E-state index is -1.22. The lowest BCUT2D eigenvalue weighted by atomic mass is 10.1. The number of nitrogens with zero attached hydrogens (tertiary/aromatic N) is 1. The first-order valence-electron chi connectivity index (χ1n) is 5.78. The van der Waals surface area contributed by atoms with E-state index in [4.69, 9.17) is 9.84 Å². The van der Waals surface area contributed by atoms with Crippen LogP contribution < -0.4 is 10.1 Å². The summed E-state index contributed by atoms with van der Waals surface area (Å²) >= 11 is 0. The molecule has 2 N–H and O–H groups in total. The summed E-state index contributed by atoms with van der Waals surface area (Å²) < 4.78 is 4.94. The second kappa shape index (κ2) is 4.80. The molecule has 0 aliphatic heterocycles. The number of nitro benzene ring substituents is 1. The fourth-order valence-electron chi connectivity index (χ4n) is 1.78. The van der Waals surface area contributed by atoms with Crippen LogP contribution in [0.4, 0.5) is 5.69 Å². The Morgan fingerprint density at radius 3 is 2.55 bits per heavy atom. The van der Waals surface area contributed by atoms with Gasteiger partial charge in [0.25, 0.3) is 11.6 Å². The van der Waals surface area contributed by atoms with Crippen LogP contribution in [0.25, 0.3) is 0 Å². The molecule has 106 valence electrons. The molecule has 1 aromatic carbocycles. The smallest absolute Gasteiger partial charge is 0.329 e.